The second-order valence-corrected chi connectivity index (χ2v) is 3.85. The Balaban J connectivity index is 2.39. The van der Waals surface area contributed by atoms with Gasteiger partial charge in [-0.1, -0.05) is 0 Å². The SMILES string of the molecule is O=C(Cl)C(F)C1CCSC1. The van der Waals surface area contributed by atoms with Crippen molar-refractivity contribution in [3.05, 3.63) is 0 Å². The maximum absolute atomic E-state index is 12.7. The van der Waals surface area contributed by atoms with E-state index in [4.69, 9.17) is 11.6 Å². The molecule has 10 heavy (non-hydrogen) atoms. The molecule has 1 aliphatic heterocycles. The fourth-order valence-electron chi connectivity index (χ4n) is 0.969. The molecule has 0 spiro atoms. The van der Waals surface area contributed by atoms with E-state index in [1.807, 2.05) is 0 Å². The van der Waals surface area contributed by atoms with Gasteiger partial charge < -0.3 is 0 Å². The normalized spacial score (nSPS) is 28.4. The van der Waals surface area contributed by atoms with Crippen LogP contribution in [0.5, 0.6) is 0 Å². The van der Waals surface area contributed by atoms with Gasteiger partial charge in [-0.05, 0) is 29.5 Å². The Hall–Kier alpha value is 0.240. The average molecular weight is 183 g/mol. The van der Waals surface area contributed by atoms with E-state index in [1.165, 1.54) is 0 Å². The minimum Gasteiger partial charge on any atom is -0.278 e. The maximum atomic E-state index is 12.7. The van der Waals surface area contributed by atoms with E-state index in [9.17, 15) is 9.18 Å². The fourth-order valence-corrected chi connectivity index (χ4v) is 2.42. The Morgan fingerprint density at radius 1 is 1.80 bits per heavy atom. The van der Waals surface area contributed by atoms with E-state index in [1.54, 1.807) is 11.8 Å². The molecule has 0 aromatic carbocycles. The minimum atomic E-state index is -1.43. The van der Waals surface area contributed by atoms with Crippen LogP contribution < -0.4 is 0 Å². The highest BCUT2D eigenvalue weighted by atomic mass is 35.5. The molecule has 0 aromatic heterocycles. The molecule has 1 rings (SSSR count). The number of halogens is 2. The van der Waals surface area contributed by atoms with E-state index in [0.717, 1.165) is 17.9 Å². The molecule has 4 heteroatoms. The lowest BCUT2D eigenvalue weighted by molar-refractivity contribution is -0.117. The molecule has 58 valence electrons. The summed E-state index contributed by atoms with van der Waals surface area (Å²) in [4.78, 5) is 10.3. The molecular weight excluding hydrogens is 175 g/mol. The van der Waals surface area contributed by atoms with Gasteiger partial charge >= 0.3 is 0 Å². The standard InChI is InChI=1S/C6H8ClFOS/c7-6(9)5(8)4-1-2-10-3-4/h4-5H,1-3H2. The van der Waals surface area contributed by atoms with Crippen molar-refractivity contribution < 1.29 is 9.18 Å². The van der Waals surface area contributed by atoms with E-state index >= 15 is 0 Å². The van der Waals surface area contributed by atoms with Gasteiger partial charge in [0.05, 0.1) is 0 Å². The van der Waals surface area contributed by atoms with Gasteiger partial charge in [0.1, 0.15) is 0 Å². The van der Waals surface area contributed by atoms with Crippen LogP contribution in [0, 0.1) is 5.92 Å². The monoisotopic (exact) mass is 182 g/mol. The van der Waals surface area contributed by atoms with Gasteiger partial charge in [-0.15, -0.1) is 0 Å². The summed E-state index contributed by atoms with van der Waals surface area (Å²) in [6.45, 7) is 0. The second-order valence-electron chi connectivity index (χ2n) is 2.33. The van der Waals surface area contributed by atoms with E-state index in [0.29, 0.717) is 0 Å². The summed E-state index contributed by atoms with van der Waals surface area (Å²) in [5.74, 6) is 1.56. The van der Waals surface area contributed by atoms with Gasteiger partial charge in [0.25, 0.3) is 5.24 Å². The van der Waals surface area contributed by atoms with Crippen LogP contribution in [0.1, 0.15) is 6.42 Å². The van der Waals surface area contributed by atoms with Crippen molar-refractivity contribution in [1.82, 2.24) is 0 Å². The Kier molecular flexibility index (Phi) is 2.98. The van der Waals surface area contributed by atoms with Gasteiger partial charge in [-0.3, -0.25) is 4.79 Å². The number of rotatable bonds is 2. The van der Waals surface area contributed by atoms with Crippen molar-refractivity contribution in [2.45, 2.75) is 12.6 Å². The van der Waals surface area contributed by atoms with Crippen LogP contribution in [-0.4, -0.2) is 22.9 Å². The van der Waals surface area contributed by atoms with Crippen molar-refractivity contribution in [2.75, 3.05) is 11.5 Å². The lowest BCUT2D eigenvalue weighted by Crippen LogP contribution is -2.21. The molecule has 1 nitrogen and oxygen atoms in total. The summed E-state index contributed by atoms with van der Waals surface area (Å²) in [7, 11) is 0. The summed E-state index contributed by atoms with van der Waals surface area (Å²) < 4.78 is 12.7. The molecule has 0 aromatic rings. The van der Waals surface area contributed by atoms with Gasteiger partial charge in [-0.2, -0.15) is 11.8 Å². The van der Waals surface area contributed by atoms with Gasteiger partial charge in [0.2, 0.25) is 0 Å². The van der Waals surface area contributed by atoms with Crippen LogP contribution >= 0.6 is 23.4 Å². The number of hydrogen-bond acceptors (Lipinski definition) is 2. The predicted octanol–water partition coefficient (Wildman–Crippen LogP) is 1.84. The van der Waals surface area contributed by atoms with Crippen LogP contribution in [0.3, 0.4) is 0 Å². The Morgan fingerprint density at radius 3 is 2.90 bits per heavy atom. The van der Waals surface area contributed by atoms with Crippen molar-refractivity contribution in [3.8, 4) is 0 Å². The highest BCUT2D eigenvalue weighted by Gasteiger charge is 2.29. The second kappa shape index (κ2) is 3.58. The minimum absolute atomic E-state index is 0.130. The first-order chi connectivity index (χ1) is 4.72. The van der Waals surface area contributed by atoms with Gasteiger partial charge in [0, 0.05) is 5.92 Å². The van der Waals surface area contributed by atoms with E-state index in [-0.39, 0.29) is 5.92 Å². The van der Waals surface area contributed by atoms with Crippen LogP contribution in [0.2, 0.25) is 0 Å². The van der Waals surface area contributed by atoms with E-state index in [2.05, 4.69) is 0 Å². The topological polar surface area (TPSA) is 17.1 Å². The zero-order chi connectivity index (χ0) is 7.56. The molecule has 1 fully saturated rings. The molecule has 1 heterocycles. The average Bonchev–Trinajstić information content (AvgIpc) is 2.36. The molecule has 0 aliphatic carbocycles. The summed E-state index contributed by atoms with van der Waals surface area (Å²) in [5, 5.41) is -0.840. The molecule has 0 bridgehead atoms. The zero-order valence-corrected chi connectivity index (χ0v) is 6.92. The molecule has 0 N–H and O–H groups in total. The molecular formula is C6H8ClFOS. The van der Waals surface area contributed by atoms with Crippen LogP contribution in [0.15, 0.2) is 0 Å². The first-order valence-electron chi connectivity index (χ1n) is 3.13. The van der Waals surface area contributed by atoms with Gasteiger partial charge in [0.15, 0.2) is 6.17 Å². The third-order valence-electron chi connectivity index (χ3n) is 1.60. The van der Waals surface area contributed by atoms with Crippen LogP contribution in [0.4, 0.5) is 4.39 Å². The van der Waals surface area contributed by atoms with Crippen molar-refractivity contribution in [3.63, 3.8) is 0 Å². The number of hydrogen-bond donors (Lipinski definition) is 0. The smallest absolute Gasteiger partial charge is 0.256 e. The third-order valence-corrected chi connectivity index (χ3v) is 2.99. The first kappa shape index (κ1) is 8.34. The molecule has 0 saturated carbocycles. The maximum Gasteiger partial charge on any atom is 0.256 e. The van der Waals surface area contributed by atoms with Crippen molar-refractivity contribution >= 4 is 28.6 Å². The summed E-state index contributed by atoms with van der Waals surface area (Å²) in [5.41, 5.74) is 0. The third kappa shape index (κ3) is 1.86. The predicted molar refractivity (Wildman–Crippen MR) is 41.2 cm³/mol. The largest absolute Gasteiger partial charge is 0.278 e. The van der Waals surface area contributed by atoms with Crippen molar-refractivity contribution in [2.24, 2.45) is 5.92 Å². The molecule has 2 unspecified atom stereocenters. The highest BCUT2D eigenvalue weighted by molar-refractivity contribution is 7.99. The number of alkyl halides is 1. The molecule has 2 atom stereocenters. The molecule has 0 amide bonds. The van der Waals surface area contributed by atoms with Crippen molar-refractivity contribution in [1.29, 1.82) is 0 Å². The Bertz CT molecular complexity index is 136. The summed E-state index contributed by atoms with van der Waals surface area (Å²) in [6, 6.07) is 0. The fraction of sp³-hybridized carbons (Fsp3) is 0.833. The molecule has 1 aliphatic rings. The number of carbonyl (C=O) groups is 1. The summed E-state index contributed by atoms with van der Waals surface area (Å²) in [6.07, 6.45) is -0.652. The summed E-state index contributed by atoms with van der Waals surface area (Å²) >= 11 is 6.66. The molecule has 0 radical (unpaired) electrons. The Morgan fingerprint density at radius 2 is 2.50 bits per heavy atom. The van der Waals surface area contributed by atoms with Crippen LogP contribution in [0.25, 0.3) is 0 Å². The first-order valence-corrected chi connectivity index (χ1v) is 4.66. The zero-order valence-electron chi connectivity index (χ0n) is 5.35. The van der Waals surface area contributed by atoms with E-state index < -0.39 is 11.4 Å². The lowest BCUT2D eigenvalue weighted by atomic mass is 10.0. The molecule has 1 saturated heterocycles. The highest BCUT2D eigenvalue weighted by Crippen LogP contribution is 2.28. The Labute approximate surface area is 68.3 Å². The number of thioether (sulfide) groups is 1. The quantitative estimate of drug-likeness (QED) is 0.607. The van der Waals surface area contributed by atoms with Gasteiger partial charge in [-0.25, -0.2) is 4.39 Å². The number of carbonyl (C=O) groups excluding carboxylic acids is 1. The lowest BCUT2D eigenvalue weighted by Gasteiger charge is -2.08. The van der Waals surface area contributed by atoms with Crippen LogP contribution in [-0.2, 0) is 4.79 Å².